The molecule has 1 aromatic carbocycles. The number of anilines is 3. The van der Waals surface area contributed by atoms with E-state index in [1.54, 1.807) is 0 Å². The van der Waals surface area contributed by atoms with E-state index in [0.717, 1.165) is 16.6 Å². The molecule has 0 aliphatic carbocycles. The number of rotatable bonds is 3. The first-order valence-corrected chi connectivity index (χ1v) is 6.91. The topological polar surface area (TPSA) is 116 Å². The van der Waals surface area contributed by atoms with Crippen LogP contribution in [0.1, 0.15) is 11.1 Å². The Bertz CT molecular complexity index is 840. The van der Waals surface area contributed by atoms with Crippen LogP contribution in [0.3, 0.4) is 0 Å². The summed E-state index contributed by atoms with van der Waals surface area (Å²) in [6, 6.07) is 3.64. The number of nitrogens with one attached hydrogen (secondary N) is 3. The maximum absolute atomic E-state index is 7.39. The first-order valence-electron chi connectivity index (χ1n) is 6.12. The zero-order valence-electron chi connectivity index (χ0n) is 11.1. The largest absolute Gasteiger partial charge is 0.398 e. The summed E-state index contributed by atoms with van der Waals surface area (Å²) in [6.45, 7) is 1.94. The summed E-state index contributed by atoms with van der Waals surface area (Å²) in [7, 11) is 0. The Morgan fingerprint density at radius 3 is 2.95 bits per heavy atom. The first-order chi connectivity index (χ1) is 10.1. The van der Waals surface area contributed by atoms with E-state index < -0.39 is 0 Å². The molecule has 0 saturated heterocycles. The predicted molar refractivity (Wildman–Crippen MR) is 86.1 cm³/mol. The van der Waals surface area contributed by atoms with Crippen LogP contribution in [0.2, 0.25) is 0 Å². The van der Waals surface area contributed by atoms with Gasteiger partial charge in [0.05, 0.1) is 5.39 Å². The van der Waals surface area contributed by atoms with Gasteiger partial charge in [-0.1, -0.05) is 0 Å². The number of H-pyrrole nitrogens is 1. The highest BCUT2D eigenvalue weighted by molar-refractivity contribution is 9.10. The highest BCUT2D eigenvalue weighted by atomic mass is 79.9. The zero-order valence-corrected chi connectivity index (χ0v) is 12.7. The summed E-state index contributed by atoms with van der Waals surface area (Å²) in [5.74, 6) is 0.629. The molecule has 7 nitrogen and oxygen atoms in total. The average molecular weight is 346 g/mol. The number of aromatic nitrogens is 4. The number of benzene rings is 1. The van der Waals surface area contributed by atoms with Crippen LogP contribution >= 0.6 is 15.9 Å². The maximum Gasteiger partial charge on any atom is 0.187 e. The molecule has 0 spiro atoms. The predicted octanol–water partition coefficient (Wildman–Crippen LogP) is 2.75. The summed E-state index contributed by atoms with van der Waals surface area (Å²) in [5.41, 5.74) is 9.45. The van der Waals surface area contributed by atoms with Crippen molar-refractivity contribution >= 4 is 50.4 Å². The summed E-state index contributed by atoms with van der Waals surface area (Å²) < 4.78 is 0.709. The highest BCUT2D eigenvalue weighted by Gasteiger charge is 2.12. The monoisotopic (exact) mass is 345 g/mol. The van der Waals surface area contributed by atoms with Gasteiger partial charge in [-0.2, -0.15) is 5.10 Å². The molecule has 3 aromatic rings. The minimum absolute atomic E-state index is 0.569. The molecule has 0 bridgehead atoms. The van der Waals surface area contributed by atoms with E-state index in [2.05, 4.69) is 41.4 Å². The van der Waals surface area contributed by atoms with E-state index in [-0.39, 0.29) is 0 Å². The number of fused-ring (bicyclic) bond motifs is 1. The smallest absolute Gasteiger partial charge is 0.187 e. The van der Waals surface area contributed by atoms with Gasteiger partial charge in [0.15, 0.2) is 5.65 Å². The van der Waals surface area contributed by atoms with Gasteiger partial charge in [-0.15, -0.1) is 0 Å². The average Bonchev–Trinajstić information content (AvgIpc) is 2.84. The second kappa shape index (κ2) is 5.13. The molecule has 0 saturated carbocycles. The molecule has 3 rings (SSSR count). The van der Waals surface area contributed by atoms with Gasteiger partial charge >= 0.3 is 0 Å². The molecule has 106 valence electrons. The standard InChI is InChI=1S/C13H12BrN7/c1-6-2-8(16)7(4-15)3-9(6)19-12-10-11(14)20-21-13(10)18-5-17-12/h2-5,15H,16H2,1H3,(H2,17,18,19,20,21). The Kier molecular flexibility index (Phi) is 3.30. The van der Waals surface area contributed by atoms with E-state index in [1.807, 2.05) is 19.1 Å². The van der Waals surface area contributed by atoms with Crippen molar-refractivity contribution in [1.82, 2.24) is 20.2 Å². The zero-order chi connectivity index (χ0) is 15.0. The van der Waals surface area contributed by atoms with E-state index >= 15 is 0 Å². The summed E-state index contributed by atoms with van der Waals surface area (Å²) in [4.78, 5) is 8.35. The SMILES string of the molecule is Cc1cc(N)c(C=N)cc1Nc1ncnc2n[nH]c(Br)c12. The molecule has 0 fully saturated rings. The molecule has 0 unspecified atom stereocenters. The van der Waals surface area contributed by atoms with Crippen molar-refractivity contribution in [2.45, 2.75) is 6.92 Å². The number of nitrogens with zero attached hydrogens (tertiary/aromatic N) is 3. The fraction of sp³-hybridized carbons (Fsp3) is 0.0769. The van der Waals surface area contributed by atoms with Crippen molar-refractivity contribution in [3.8, 4) is 0 Å². The minimum atomic E-state index is 0.569. The molecule has 0 aliphatic rings. The molecule has 0 atom stereocenters. The molecule has 0 aliphatic heterocycles. The van der Waals surface area contributed by atoms with Gasteiger partial charge in [0, 0.05) is 23.2 Å². The van der Waals surface area contributed by atoms with Crippen molar-refractivity contribution < 1.29 is 0 Å². The van der Waals surface area contributed by atoms with E-state index in [4.69, 9.17) is 11.1 Å². The second-order valence-corrected chi connectivity index (χ2v) is 5.32. The second-order valence-electron chi connectivity index (χ2n) is 4.52. The van der Waals surface area contributed by atoms with Gasteiger partial charge in [0.2, 0.25) is 0 Å². The summed E-state index contributed by atoms with van der Waals surface area (Å²) in [5, 5.41) is 18.3. The molecule has 8 heteroatoms. The fourth-order valence-electron chi connectivity index (χ4n) is 2.05. The first kappa shape index (κ1) is 13.5. The van der Waals surface area contributed by atoms with Crippen molar-refractivity contribution in [3.05, 3.63) is 34.2 Å². The normalized spacial score (nSPS) is 10.8. The third kappa shape index (κ3) is 2.33. The molecule has 0 amide bonds. The van der Waals surface area contributed by atoms with Crippen LogP contribution in [0.25, 0.3) is 11.0 Å². The van der Waals surface area contributed by atoms with Crippen LogP contribution in [0.4, 0.5) is 17.2 Å². The lowest BCUT2D eigenvalue weighted by molar-refractivity contribution is 1.07. The van der Waals surface area contributed by atoms with Crippen molar-refractivity contribution in [3.63, 3.8) is 0 Å². The summed E-state index contributed by atoms with van der Waals surface area (Å²) in [6.07, 6.45) is 2.67. The number of hydrogen-bond acceptors (Lipinski definition) is 6. The van der Waals surface area contributed by atoms with Gasteiger partial charge in [0.25, 0.3) is 0 Å². The minimum Gasteiger partial charge on any atom is -0.398 e. The Morgan fingerprint density at radius 2 is 2.19 bits per heavy atom. The third-order valence-corrected chi connectivity index (χ3v) is 3.72. The van der Waals surface area contributed by atoms with Crippen LogP contribution < -0.4 is 11.1 Å². The molecular formula is C13H12BrN7. The van der Waals surface area contributed by atoms with Gasteiger partial charge in [-0.05, 0) is 40.5 Å². The molecule has 2 aromatic heterocycles. The molecule has 21 heavy (non-hydrogen) atoms. The number of aryl methyl sites for hydroxylation is 1. The number of nitrogen functional groups attached to an aromatic ring is 1. The molecular weight excluding hydrogens is 334 g/mol. The third-order valence-electron chi connectivity index (χ3n) is 3.15. The van der Waals surface area contributed by atoms with Gasteiger partial charge in [-0.25, -0.2) is 9.97 Å². The van der Waals surface area contributed by atoms with Crippen LogP contribution in [-0.2, 0) is 0 Å². The molecule has 2 heterocycles. The lowest BCUT2D eigenvalue weighted by atomic mass is 10.1. The van der Waals surface area contributed by atoms with Crippen LogP contribution in [0, 0.1) is 12.3 Å². The number of hydrogen-bond donors (Lipinski definition) is 4. The molecule has 5 N–H and O–H groups in total. The lowest BCUT2D eigenvalue weighted by Crippen LogP contribution is -2.01. The van der Waals surface area contributed by atoms with Crippen molar-refractivity contribution in [1.29, 1.82) is 5.41 Å². The number of aromatic amines is 1. The quantitative estimate of drug-likeness (QED) is 0.430. The Hall–Kier alpha value is -2.48. The Morgan fingerprint density at radius 1 is 1.38 bits per heavy atom. The Labute approximate surface area is 128 Å². The number of halogens is 1. The summed E-state index contributed by atoms with van der Waals surface area (Å²) >= 11 is 3.40. The Balaban J connectivity index is 2.10. The maximum atomic E-state index is 7.39. The van der Waals surface area contributed by atoms with Crippen molar-refractivity contribution in [2.75, 3.05) is 11.1 Å². The van der Waals surface area contributed by atoms with E-state index in [1.165, 1.54) is 12.5 Å². The van der Waals surface area contributed by atoms with Gasteiger partial charge < -0.3 is 16.5 Å². The molecule has 0 radical (unpaired) electrons. The highest BCUT2D eigenvalue weighted by Crippen LogP contribution is 2.30. The van der Waals surface area contributed by atoms with Gasteiger partial charge in [0.1, 0.15) is 16.7 Å². The van der Waals surface area contributed by atoms with Crippen LogP contribution in [-0.4, -0.2) is 26.4 Å². The number of nitrogens with two attached hydrogens (primary N) is 1. The van der Waals surface area contributed by atoms with E-state index in [0.29, 0.717) is 27.3 Å². The van der Waals surface area contributed by atoms with E-state index in [9.17, 15) is 0 Å². The van der Waals surface area contributed by atoms with Crippen LogP contribution in [0.15, 0.2) is 23.1 Å². The lowest BCUT2D eigenvalue weighted by Gasteiger charge is -2.12. The van der Waals surface area contributed by atoms with Crippen molar-refractivity contribution in [2.24, 2.45) is 0 Å². The fourth-order valence-corrected chi connectivity index (χ4v) is 2.50. The van der Waals surface area contributed by atoms with Crippen LogP contribution in [0.5, 0.6) is 0 Å². The van der Waals surface area contributed by atoms with Gasteiger partial charge in [-0.3, -0.25) is 5.10 Å².